The van der Waals surface area contributed by atoms with Crippen molar-refractivity contribution in [3.05, 3.63) is 60.8 Å². The van der Waals surface area contributed by atoms with E-state index in [1.54, 1.807) is 0 Å². The Morgan fingerprint density at radius 3 is 0.955 bits per heavy atom. The van der Waals surface area contributed by atoms with Crippen molar-refractivity contribution >= 4 is 17.9 Å². The molecule has 382 valence electrons. The molecule has 0 spiro atoms. The first-order valence-electron chi connectivity index (χ1n) is 28.3. The highest BCUT2D eigenvalue weighted by atomic mass is 16.6. The molecule has 0 bridgehead atoms. The summed E-state index contributed by atoms with van der Waals surface area (Å²) >= 11 is 0. The maximum atomic E-state index is 12.8. The molecule has 6 nitrogen and oxygen atoms in total. The lowest BCUT2D eigenvalue weighted by atomic mass is 10.1. The molecule has 66 heavy (non-hydrogen) atoms. The van der Waals surface area contributed by atoms with Gasteiger partial charge in [-0.2, -0.15) is 0 Å². The van der Waals surface area contributed by atoms with Crippen LogP contribution in [0.15, 0.2) is 60.8 Å². The summed E-state index contributed by atoms with van der Waals surface area (Å²) in [5.41, 5.74) is 0. The van der Waals surface area contributed by atoms with Crippen LogP contribution >= 0.6 is 0 Å². The van der Waals surface area contributed by atoms with Crippen molar-refractivity contribution in [1.29, 1.82) is 0 Å². The highest BCUT2D eigenvalue weighted by molar-refractivity contribution is 5.71. The molecule has 0 rings (SSSR count). The zero-order valence-corrected chi connectivity index (χ0v) is 43.7. The smallest absolute Gasteiger partial charge is 0.306 e. The minimum Gasteiger partial charge on any atom is -0.462 e. The van der Waals surface area contributed by atoms with Crippen LogP contribution < -0.4 is 0 Å². The van der Waals surface area contributed by atoms with E-state index >= 15 is 0 Å². The highest BCUT2D eigenvalue weighted by Crippen LogP contribution is 2.15. The fourth-order valence-corrected chi connectivity index (χ4v) is 7.98. The number of hydrogen-bond donors (Lipinski definition) is 0. The maximum Gasteiger partial charge on any atom is 0.306 e. The summed E-state index contributed by atoms with van der Waals surface area (Å²) in [6, 6.07) is 0. The Bertz CT molecular complexity index is 1200. The van der Waals surface area contributed by atoms with E-state index in [4.69, 9.17) is 14.2 Å². The second kappa shape index (κ2) is 54.7. The van der Waals surface area contributed by atoms with Crippen LogP contribution in [-0.2, 0) is 28.6 Å². The molecule has 0 aliphatic heterocycles. The van der Waals surface area contributed by atoms with Crippen molar-refractivity contribution in [2.24, 2.45) is 0 Å². The molecule has 0 aromatic rings. The molecule has 0 aromatic carbocycles. The Hall–Kier alpha value is -2.89. The Kier molecular flexibility index (Phi) is 52.3. The summed E-state index contributed by atoms with van der Waals surface area (Å²) in [5, 5.41) is 0. The van der Waals surface area contributed by atoms with Gasteiger partial charge in [-0.3, -0.25) is 14.4 Å². The van der Waals surface area contributed by atoms with Crippen LogP contribution in [0.25, 0.3) is 0 Å². The molecule has 0 fully saturated rings. The van der Waals surface area contributed by atoms with Gasteiger partial charge in [-0.05, 0) is 103 Å². The van der Waals surface area contributed by atoms with Crippen LogP contribution in [0.2, 0.25) is 0 Å². The fourth-order valence-electron chi connectivity index (χ4n) is 7.98. The summed E-state index contributed by atoms with van der Waals surface area (Å²) < 4.78 is 16.8. The maximum absolute atomic E-state index is 12.8. The Balaban J connectivity index is 4.41. The number of hydrogen-bond acceptors (Lipinski definition) is 6. The molecule has 0 radical (unpaired) electrons. The van der Waals surface area contributed by atoms with Crippen LogP contribution in [-0.4, -0.2) is 37.2 Å². The van der Waals surface area contributed by atoms with Gasteiger partial charge in [0.1, 0.15) is 13.2 Å². The van der Waals surface area contributed by atoms with Gasteiger partial charge in [0.15, 0.2) is 6.10 Å². The Morgan fingerprint density at radius 2 is 0.591 bits per heavy atom. The van der Waals surface area contributed by atoms with E-state index in [2.05, 4.69) is 81.5 Å². The number of carbonyl (C=O) groups excluding carboxylic acids is 3. The average molecular weight is 924 g/mol. The van der Waals surface area contributed by atoms with Gasteiger partial charge < -0.3 is 14.2 Å². The normalized spacial score (nSPS) is 12.5. The molecule has 1 unspecified atom stereocenters. The fraction of sp³-hybridized carbons (Fsp3) is 0.783. The first-order valence-corrected chi connectivity index (χ1v) is 28.3. The molecule has 0 aliphatic rings. The number of ether oxygens (including phenoxy) is 3. The van der Waals surface area contributed by atoms with Gasteiger partial charge in [-0.1, -0.05) is 223 Å². The number of esters is 3. The predicted octanol–water partition coefficient (Wildman–Crippen LogP) is 18.8. The van der Waals surface area contributed by atoms with Crippen LogP contribution in [0.3, 0.4) is 0 Å². The standard InChI is InChI=1S/C60H106O6/c1-4-7-10-13-16-19-22-25-28-30-31-33-35-38-41-44-47-50-53-59(62)65-56-57(55-64-58(61)52-49-46-43-40-37-34-27-24-21-18-15-12-9-6-3)66-60(63)54-51-48-45-42-39-36-32-29-26-23-20-17-14-11-8-5-2/h8,11,17,20,26,29,31,33-34,37,57H,4-7,9-10,12-16,18-19,21-25,27-28,30,32,35-36,38-56H2,1-3H3/b11-8-,20-17-,29-26-,33-31-,37-34-. The minimum absolute atomic E-state index is 0.0878. The van der Waals surface area contributed by atoms with Crippen molar-refractivity contribution < 1.29 is 28.6 Å². The van der Waals surface area contributed by atoms with Crippen LogP contribution in [0.4, 0.5) is 0 Å². The highest BCUT2D eigenvalue weighted by Gasteiger charge is 2.19. The van der Waals surface area contributed by atoms with Gasteiger partial charge in [0.2, 0.25) is 0 Å². The van der Waals surface area contributed by atoms with Crippen LogP contribution in [0.1, 0.15) is 284 Å². The number of unbranched alkanes of at least 4 members (excludes halogenated alkanes) is 30. The van der Waals surface area contributed by atoms with Gasteiger partial charge >= 0.3 is 17.9 Å². The predicted molar refractivity (Wildman–Crippen MR) is 284 cm³/mol. The van der Waals surface area contributed by atoms with Gasteiger partial charge in [-0.15, -0.1) is 0 Å². The molecule has 0 aliphatic carbocycles. The summed E-state index contributed by atoms with van der Waals surface area (Å²) in [4.78, 5) is 38.1. The summed E-state index contributed by atoms with van der Waals surface area (Å²) in [5.74, 6) is -0.916. The number of allylic oxidation sites excluding steroid dienone is 10. The van der Waals surface area contributed by atoms with E-state index in [0.29, 0.717) is 19.3 Å². The van der Waals surface area contributed by atoms with Crippen molar-refractivity contribution in [1.82, 2.24) is 0 Å². The first kappa shape index (κ1) is 63.1. The molecular weight excluding hydrogens is 817 g/mol. The first-order chi connectivity index (χ1) is 32.5. The molecule has 0 aromatic heterocycles. The summed E-state index contributed by atoms with van der Waals surface area (Å²) in [6.45, 7) is 6.51. The van der Waals surface area contributed by atoms with E-state index in [0.717, 1.165) is 109 Å². The van der Waals surface area contributed by atoms with Crippen LogP contribution in [0, 0.1) is 0 Å². The van der Waals surface area contributed by atoms with Gasteiger partial charge in [-0.25, -0.2) is 0 Å². The van der Waals surface area contributed by atoms with Gasteiger partial charge in [0.05, 0.1) is 0 Å². The van der Waals surface area contributed by atoms with Crippen molar-refractivity contribution in [3.8, 4) is 0 Å². The SMILES string of the molecule is CC/C=C\C/C=C\C/C=C\CCCCCCCCC(=O)OC(COC(=O)CCCCC/C=C\CCCCCCCCC)COC(=O)CCCCCCC/C=C\CCCCCCCCCCC. The van der Waals surface area contributed by atoms with E-state index in [-0.39, 0.29) is 31.1 Å². The number of rotatable bonds is 51. The van der Waals surface area contributed by atoms with E-state index in [9.17, 15) is 14.4 Å². The molecule has 0 saturated heterocycles. The largest absolute Gasteiger partial charge is 0.462 e. The Labute approximate surface area is 409 Å². The lowest BCUT2D eigenvalue weighted by Crippen LogP contribution is -2.30. The lowest BCUT2D eigenvalue weighted by Gasteiger charge is -2.18. The third-order valence-electron chi connectivity index (χ3n) is 12.2. The second-order valence-corrected chi connectivity index (χ2v) is 18.8. The van der Waals surface area contributed by atoms with Crippen molar-refractivity contribution in [2.45, 2.75) is 290 Å². The summed E-state index contributed by atoms with van der Waals surface area (Å²) in [6.07, 6.45) is 67.8. The number of carbonyl (C=O) groups is 3. The third-order valence-corrected chi connectivity index (χ3v) is 12.2. The lowest BCUT2D eigenvalue weighted by molar-refractivity contribution is -0.167. The zero-order valence-electron chi connectivity index (χ0n) is 43.7. The molecule has 0 saturated carbocycles. The van der Waals surface area contributed by atoms with Crippen molar-refractivity contribution in [2.75, 3.05) is 13.2 Å². The summed E-state index contributed by atoms with van der Waals surface area (Å²) in [7, 11) is 0. The second-order valence-electron chi connectivity index (χ2n) is 18.8. The molecule has 1 atom stereocenters. The molecular formula is C60H106O6. The molecule has 0 N–H and O–H groups in total. The van der Waals surface area contributed by atoms with Crippen LogP contribution in [0.5, 0.6) is 0 Å². The van der Waals surface area contributed by atoms with Gasteiger partial charge in [0.25, 0.3) is 0 Å². The third kappa shape index (κ3) is 52.1. The van der Waals surface area contributed by atoms with E-state index in [1.807, 2.05) is 0 Å². The Morgan fingerprint density at radius 1 is 0.318 bits per heavy atom. The molecule has 0 amide bonds. The minimum atomic E-state index is -0.790. The van der Waals surface area contributed by atoms with Crippen molar-refractivity contribution in [3.63, 3.8) is 0 Å². The van der Waals surface area contributed by atoms with Gasteiger partial charge in [0, 0.05) is 19.3 Å². The topological polar surface area (TPSA) is 78.9 Å². The van der Waals surface area contributed by atoms with E-state index < -0.39 is 6.10 Å². The molecule has 6 heteroatoms. The zero-order chi connectivity index (χ0) is 47.9. The average Bonchev–Trinajstić information content (AvgIpc) is 3.31. The monoisotopic (exact) mass is 923 g/mol. The quantitative estimate of drug-likeness (QED) is 0.0262. The molecule has 0 heterocycles. The van der Waals surface area contributed by atoms with E-state index in [1.165, 1.54) is 135 Å².